The van der Waals surface area contributed by atoms with Crippen LogP contribution in [0.5, 0.6) is 5.75 Å². The Morgan fingerprint density at radius 2 is 2.12 bits per heavy atom. The van der Waals surface area contributed by atoms with E-state index in [4.69, 9.17) is 21.3 Å². The minimum absolute atomic E-state index is 0.261. The molecule has 7 nitrogen and oxygen atoms in total. The van der Waals surface area contributed by atoms with Gasteiger partial charge in [0.15, 0.2) is 5.13 Å². The van der Waals surface area contributed by atoms with E-state index in [9.17, 15) is 4.79 Å². The first-order valence-electron chi connectivity index (χ1n) is 10.7. The van der Waals surface area contributed by atoms with Crippen LogP contribution < -0.4 is 10.1 Å². The van der Waals surface area contributed by atoms with E-state index in [-0.39, 0.29) is 5.91 Å². The van der Waals surface area contributed by atoms with Crippen molar-refractivity contribution in [2.24, 2.45) is 5.92 Å². The number of pyridine rings is 2. The molecule has 0 unspecified atom stereocenters. The van der Waals surface area contributed by atoms with Crippen LogP contribution in [0.3, 0.4) is 0 Å². The SMILES string of the molecule is COc1cnc(Cl)cc1-c1cc(C)ncc1C(=O)Nc1nc2c(s1)CN(CC1CC1)CC2. The van der Waals surface area contributed by atoms with E-state index in [0.717, 1.165) is 36.8 Å². The number of thiazole rings is 1. The predicted molar refractivity (Wildman–Crippen MR) is 126 cm³/mol. The average molecular weight is 470 g/mol. The number of methoxy groups -OCH3 is 1. The number of ether oxygens (including phenoxy) is 1. The summed E-state index contributed by atoms with van der Waals surface area (Å²) in [5, 5.41) is 3.93. The van der Waals surface area contributed by atoms with Gasteiger partial charge in [0.25, 0.3) is 5.91 Å². The second-order valence-corrected chi connectivity index (χ2v) is 9.82. The molecule has 3 aromatic heterocycles. The summed E-state index contributed by atoms with van der Waals surface area (Å²) in [5.41, 5.74) is 3.69. The lowest BCUT2D eigenvalue weighted by Gasteiger charge is -2.25. The fourth-order valence-electron chi connectivity index (χ4n) is 4.04. The van der Waals surface area contributed by atoms with Gasteiger partial charge in [0, 0.05) is 53.9 Å². The monoisotopic (exact) mass is 469 g/mol. The Hall–Kier alpha value is -2.55. The molecule has 0 saturated heterocycles. The van der Waals surface area contributed by atoms with Gasteiger partial charge in [-0.2, -0.15) is 0 Å². The molecule has 0 radical (unpaired) electrons. The van der Waals surface area contributed by atoms with Gasteiger partial charge in [-0.25, -0.2) is 9.97 Å². The summed E-state index contributed by atoms with van der Waals surface area (Å²) < 4.78 is 5.46. The maximum absolute atomic E-state index is 13.3. The Morgan fingerprint density at radius 1 is 1.28 bits per heavy atom. The zero-order chi connectivity index (χ0) is 22.2. The summed E-state index contributed by atoms with van der Waals surface area (Å²) in [6, 6.07) is 3.55. The number of aryl methyl sites for hydroxylation is 1. The lowest BCUT2D eigenvalue weighted by Crippen LogP contribution is -2.31. The van der Waals surface area contributed by atoms with Gasteiger partial charge in [-0.3, -0.25) is 20.0 Å². The van der Waals surface area contributed by atoms with Gasteiger partial charge in [-0.1, -0.05) is 11.6 Å². The van der Waals surface area contributed by atoms with Crippen molar-refractivity contribution >= 4 is 34.0 Å². The molecule has 1 aliphatic carbocycles. The Labute approximate surface area is 195 Å². The van der Waals surface area contributed by atoms with Crippen LogP contribution in [-0.2, 0) is 13.0 Å². The number of amides is 1. The van der Waals surface area contributed by atoms with Gasteiger partial charge in [0.2, 0.25) is 0 Å². The molecule has 0 spiro atoms. The van der Waals surface area contributed by atoms with Gasteiger partial charge in [-0.15, -0.1) is 11.3 Å². The second kappa shape index (κ2) is 8.77. The zero-order valence-electron chi connectivity index (χ0n) is 18.0. The number of halogens is 1. The minimum atomic E-state index is -0.261. The summed E-state index contributed by atoms with van der Waals surface area (Å²) in [6.45, 7) is 5.01. The third-order valence-corrected chi connectivity index (χ3v) is 7.08. The number of fused-ring (bicyclic) bond motifs is 1. The molecule has 1 saturated carbocycles. The van der Waals surface area contributed by atoms with Gasteiger partial charge in [0.1, 0.15) is 10.9 Å². The van der Waals surface area contributed by atoms with E-state index >= 15 is 0 Å². The average Bonchev–Trinajstić information content (AvgIpc) is 3.50. The summed E-state index contributed by atoms with van der Waals surface area (Å²) >= 11 is 7.70. The normalized spacial score (nSPS) is 16.0. The van der Waals surface area contributed by atoms with Crippen LogP contribution in [0.2, 0.25) is 5.15 Å². The smallest absolute Gasteiger partial charge is 0.259 e. The number of carbonyl (C=O) groups excluding carboxylic acids is 1. The highest BCUT2D eigenvalue weighted by atomic mass is 35.5. The van der Waals surface area contributed by atoms with E-state index < -0.39 is 0 Å². The summed E-state index contributed by atoms with van der Waals surface area (Å²) in [6.07, 6.45) is 6.77. The summed E-state index contributed by atoms with van der Waals surface area (Å²) in [7, 11) is 1.56. The van der Waals surface area contributed by atoms with Crippen molar-refractivity contribution in [3.63, 3.8) is 0 Å². The first-order chi connectivity index (χ1) is 15.5. The minimum Gasteiger partial charge on any atom is -0.494 e. The fourth-order valence-corrected chi connectivity index (χ4v) is 5.25. The van der Waals surface area contributed by atoms with E-state index in [0.29, 0.717) is 32.7 Å². The van der Waals surface area contributed by atoms with Crippen molar-refractivity contribution in [3.05, 3.63) is 51.5 Å². The molecule has 2 aliphatic rings. The van der Waals surface area contributed by atoms with Crippen LogP contribution in [0.4, 0.5) is 5.13 Å². The van der Waals surface area contributed by atoms with Gasteiger partial charge in [-0.05, 0) is 37.8 Å². The molecule has 0 atom stereocenters. The number of nitrogens with one attached hydrogen (secondary N) is 1. The molecule has 166 valence electrons. The molecule has 4 heterocycles. The van der Waals surface area contributed by atoms with Crippen LogP contribution in [-0.4, -0.2) is 46.0 Å². The first kappa shape index (κ1) is 21.3. The van der Waals surface area contributed by atoms with Crippen molar-refractivity contribution in [2.45, 2.75) is 32.7 Å². The molecule has 1 amide bonds. The molecule has 1 fully saturated rings. The van der Waals surface area contributed by atoms with Crippen molar-refractivity contribution in [1.29, 1.82) is 0 Å². The highest BCUT2D eigenvalue weighted by Crippen LogP contribution is 2.36. The second-order valence-electron chi connectivity index (χ2n) is 8.35. The molecule has 0 aromatic carbocycles. The van der Waals surface area contributed by atoms with Crippen molar-refractivity contribution in [3.8, 4) is 16.9 Å². The Bertz CT molecular complexity index is 1180. The van der Waals surface area contributed by atoms with Crippen molar-refractivity contribution < 1.29 is 9.53 Å². The molecular weight excluding hydrogens is 446 g/mol. The van der Waals surface area contributed by atoms with Crippen LogP contribution in [0.25, 0.3) is 11.1 Å². The number of nitrogens with zero attached hydrogens (tertiary/aromatic N) is 4. The number of hydrogen-bond donors (Lipinski definition) is 1. The standard InChI is InChI=1S/C23H24ClN5O2S/c1-13-7-15(16-8-21(24)26-10-19(16)31-2)17(9-25-13)22(30)28-23-27-18-5-6-29(11-14-3-4-14)12-20(18)32-23/h7-10,14H,3-6,11-12H2,1-2H3,(H,27,28,30). The van der Waals surface area contributed by atoms with Crippen LogP contribution in [0, 0.1) is 12.8 Å². The number of anilines is 1. The van der Waals surface area contributed by atoms with Gasteiger partial charge < -0.3 is 4.74 Å². The molecule has 9 heteroatoms. The van der Waals surface area contributed by atoms with Crippen molar-refractivity contribution in [1.82, 2.24) is 19.9 Å². The van der Waals surface area contributed by atoms with E-state index in [2.05, 4.69) is 20.2 Å². The van der Waals surface area contributed by atoms with Crippen LogP contribution in [0.15, 0.2) is 24.5 Å². The molecule has 32 heavy (non-hydrogen) atoms. The predicted octanol–water partition coefficient (Wildman–Crippen LogP) is 4.59. The van der Waals surface area contributed by atoms with Crippen molar-refractivity contribution in [2.75, 3.05) is 25.5 Å². The number of hydrogen-bond acceptors (Lipinski definition) is 7. The summed E-state index contributed by atoms with van der Waals surface area (Å²) in [5.74, 6) is 1.15. The zero-order valence-corrected chi connectivity index (χ0v) is 19.6. The Morgan fingerprint density at radius 3 is 2.91 bits per heavy atom. The molecular formula is C23H24ClN5O2S. The third kappa shape index (κ3) is 4.48. The molecule has 1 aliphatic heterocycles. The van der Waals surface area contributed by atoms with E-state index in [1.165, 1.54) is 24.3 Å². The van der Waals surface area contributed by atoms with Gasteiger partial charge >= 0.3 is 0 Å². The van der Waals surface area contributed by atoms with E-state index in [1.54, 1.807) is 36.9 Å². The highest BCUT2D eigenvalue weighted by Gasteiger charge is 2.28. The van der Waals surface area contributed by atoms with Gasteiger partial charge in [0.05, 0.1) is 24.6 Å². The Kier molecular flexibility index (Phi) is 5.84. The topological polar surface area (TPSA) is 80.2 Å². The van der Waals surface area contributed by atoms with E-state index in [1.807, 2.05) is 13.0 Å². The van der Waals surface area contributed by atoms with Crippen LogP contribution >= 0.6 is 22.9 Å². The molecule has 0 bridgehead atoms. The fraction of sp³-hybridized carbons (Fsp3) is 0.391. The highest BCUT2D eigenvalue weighted by molar-refractivity contribution is 7.15. The number of carbonyl (C=O) groups is 1. The number of rotatable bonds is 6. The Balaban J connectivity index is 1.40. The lowest BCUT2D eigenvalue weighted by atomic mass is 10.0. The quantitative estimate of drug-likeness (QED) is 0.532. The molecule has 1 N–H and O–H groups in total. The maximum atomic E-state index is 13.3. The summed E-state index contributed by atoms with van der Waals surface area (Å²) in [4.78, 5) is 30.1. The molecule has 5 rings (SSSR count). The largest absolute Gasteiger partial charge is 0.494 e. The third-order valence-electron chi connectivity index (χ3n) is 5.87. The lowest BCUT2D eigenvalue weighted by molar-refractivity contribution is 0.102. The first-order valence-corrected chi connectivity index (χ1v) is 11.9. The molecule has 3 aromatic rings. The number of aromatic nitrogens is 3. The van der Waals surface area contributed by atoms with Crippen LogP contribution in [0.1, 0.15) is 39.5 Å². The maximum Gasteiger partial charge on any atom is 0.259 e.